The predicted octanol–water partition coefficient (Wildman–Crippen LogP) is -0.230. The van der Waals surface area contributed by atoms with Crippen molar-refractivity contribution >= 4 is 16.2 Å². The number of carbonyl (C=O) groups excluding carboxylic acids is 1. The van der Waals surface area contributed by atoms with Gasteiger partial charge >= 0.3 is 5.97 Å². The van der Waals surface area contributed by atoms with Crippen LogP contribution in [0.2, 0.25) is 0 Å². The number of esters is 1. The van der Waals surface area contributed by atoms with Crippen LogP contribution in [0.15, 0.2) is 0 Å². The molecule has 0 fully saturated rings. The van der Waals surface area contributed by atoms with Crippen molar-refractivity contribution in [3.8, 4) is 0 Å². The van der Waals surface area contributed by atoms with Crippen LogP contribution in [0.3, 0.4) is 0 Å². The average molecular weight is 238 g/mol. The van der Waals surface area contributed by atoms with Crippen LogP contribution in [0, 0.1) is 0 Å². The van der Waals surface area contributed by atoms with Gasteiger partial charge in [0.25, 0.3) is 10.2 Å². The lowest BCUT2D eigenvalue weighted by molar-refractivity contribution is -0.144. The molecule has 0 bridgehead atoms. The molecule has 0 saturated heterocycles. The maximum absolute atomic E-state index is 11.3. The Hall–Kier alpha value is -0.660. The Morgan fingerprint density at radius 1 is 1.27 bits per heavy atom. The van der Waals surface area contributed by atoms with E-state index in [0.29, 0.717) is 0 Å². The lowest BCUT2D eigenvalue weighted by atomic mass is 10.4. The number of ether oxygens (including phenoxy) is 1. The van der Waals surface area contributed by atoms with Crippen molar-refractivity contribution in [3.63, 3.8) is 0 Å². The van der Waals surface area contributed by atoms with E-state index in [2.05, 4.69) is 14.2 Å². The van der Waals surface area contributed by atoms with Crippen molar-refractivity contribution in [1.29, 1.82) is 0 Å². The molecule has 0 aromatic carbocycles. The average Bonchev–Trinajstić information content (AvgIpc) is 2.00. The van der Waals surface area contributed by atoms with E-state index in [0.717, 1.165) is 0 Å². The minimum atomic E-state index is -3.64. The molecule has 0 amide bonds. The molecule has 15 heavy (non-hydrogen) atoms. The van der Waals surface area contributed by atoms with Gasteiger partial charge in [-0.25, -0.2) is 0 Å². The summed E-state index contributed by atoms with van der Waals surface area (Å²) in [7, 11) is -3.64. The Bertz CT molecular complexity index is 300. The van der Waals surface area contributed by atoms with Gasteiger partial charge in [-0.05, 0) is 27.7 Å². The highest BCUT2D eigenvalue weighted by Gasteiger charge is 2.21. The monoisotopic (exact) mass is 238 g/mol. The third-order valence-corrected chi connectivity index (χ3v) is 2.81. The largest absolute Gasteiger partial charge is 0.465 e. The summed E-state index contributed by atoms with van der Waals surface area (Å²) in [5.41, 5.74) is 0. The number of rotatable bonds is 6. The molecule has 0 saturated carbocycles. The third-order valence-electron chi connectivity index (χ3n) is 1.36. The molecule has 0 radical (unpaired) electrons. The third kappa shape index (κ3) is 6.43. The first-order valence-electron chi connectivity index (χ1n) is 4.74. The van der Waals surface area contributed by atoms with Crippen molar-refractivity contribution in [2.45, 2.75) is 39.8 Å². The normalized spacial score (nSPS) is 13.9. The Morgan fingerprint density at radius 3 is 2.20 bits per heavy atom. The Morgan fingerprint density at radius 2 is 1.80 bits per heavy atom. The smallest absolute Gasteiger partial charge is 0.323 e. The van der Waals surface area contributed by atoms with Crippen LogP contribution in [0.25, 0.3) is 0 Å². The summed E-state index contributed by atoms with van der Waals surface area (Å²) in [5.74, 6) is -0.591. The van der Waals surface area contributed by atoms with Gasteiger partial charge < -0.3 is 4.74 Å². The van der Waals surface area contributed by atoms with Crippen molar-refractivity contribution in [2.75, 3.05) is 6.61 Å². The molecule has 90 valence electrons. The summed E-state index contributed by atoms with van der Waals surface area (Å²) in [6.07, 6.45) is 0. The summed E-state index contributed by atoms with van der Waals surface area (Å²) >= 11 is 0. The molecule has 2 N–H and O–H groups in total. The topological polar surface area (TPSA) is 84.5 Å². The van der Waals surface area contributed by atoms with Gasteiger partial charge in [0.05, 0.1) is 6.61 Å². The second-order valence-corrected chi connectivity index (χ2v) is 4.85. The fourth-order valence-corrected chi connectivity index (χ4v) is 2.14. The lowest BCUT2D eigenvalue weighted by Crippen LogP contribution is -2.47. The standard InChI is InChI=1S/C8H18N2O4S/c1-5-14-8(11)7(4)10-15(12,13)9-6(2)3/h6-7,9-10H,5H2,1-4H3. The van der Waals surface area contributed by atoms with Crippen LogP contribution in [-0.2, 0) is 19.7 Å². The van der Waals surface area contributed by atoms with Gasteiger partial charge in [0.1, 0.15) is 6.04 Å². The van der Waals surface area contributed by atoms with E-state index < -0.39 is 22.2 Å². The molecule has 0 heterocycles. The molecule has 0 aromatic heterocycles. The van der Waals surface area contributed by atoms with Crippen LogP contribution in [0.1, 0.15) is 27.7 Å². The first-order valence-corrected chi connectivity index (χ1v) is 6.23. The molecule has 1 unspecified atom stereocenters. The van der Waals surface area contributed by atoms with Gasteiger partial charge in [-0.3, -0.25) is 4.79 Å². The number of hydrogen-bond donors (Lipinski definition) is 2. The summed E-state index contributed by atoms with van der Waals surface area (Å²) in [5, 5.41) is 0. The second-order valence-electron chi connectivity index (χ2n) is 3.37. The van der Waals surface area contributed by atoms with E-state index in [1.807, 2.05) is 0 Å². The molecular weight excluding hydrogens is 220 g/mol. The fraction of sp³-hybridized carbons (Fsp3) is 0.875. The first kappa shape index (κ1) is 14.3. The number of nitrogens with one attached hydrogen (secondary N) is 2. The summed E-state index contributed by atoms with van der Waals surface area (Å²) in [6.45, 7) is 6.69. The van der Waals surface area contributed by atoms with Crippen LogP contribution >= 0.6 is 0 Å². The van der Waals surface area contributed by atoms with Gasteiger partial charge in [-0.2, -0.15) is 17.9 Å². The Balaban J connectivity index is 4.27. The molecule has 6 nitrogen and oxygen atoms in total. The van der Waals surface area contributed by atoms with Gasteiger partial charge in [-0.1, -0.05) is 0 Å². The van der Waals surface area contributed by atoms with E-state index in [4.69, 9.17) is 0 Å². The van der Waals surface area contributed by atoms with Gasteiger partial charge in [-0.15, -0.1) is 0 Å². The highest BCUT2D eigenvalue weighted by Crippen LogP contribution is 1.92. The van der Waals surface area contributed by atoms with E-state index >= 15 is 0 Å². The highest BCUT2D eigenvalue weighted by molar-refractivity contribution is 7.87. The van der Waals surface area contributed by atoms with E-state index in [-0.39, 0.29) is 12.6 Å². The molecule has 0 aliphatic rings. The predicted molar refractivity (Wildman–Crippen MR) is 56.4 cm³/mol. The van der Waals surface area contributed by atoms with Gasteiger partial charge in [0.2, 0.25) is 0 Å². The number of carbonyl (C=O) groups is 1. The SMILES string of the molecule is CCOC(=O)C(C)NS(=O)(=O)NC(C)C. The van der Waals surface area contributed by atoms with Crippen molar-refractivity contribution in [3.05, 3.63) is 0 Å². The maximum atomic E-state index is 11.3. The van der Waals surface area contributed by atoms with Crippen LogP contribution < -0.4 is 9.44 Å². The fourth-order valence-electron chi connectivity index (χ4n) is 0.892. The van der Waals surface area contributed by atoms with Crippen LogP contribution in [0.4, 0.5) is 0 Å². The molecule has 7 heteroatoms. The second kappa shape index (κ2) is 6.04. The number of hydrogen-bond acceptors (Lipinski definition) is 4. The van der Waals surface area contributed by atoms with Gasteiger partial charge in [0, 0.05) is 6.04 Å². The molecule has 0 rings (SSSR count). The lowest BCUT2D eigenvalue weighted by Gasteiger charge is -2.14. The minimum absolute atomic E-state index is 0.225. The van der Waals surface area contributed by atoms with Crippen molar-refractivity contribution in [1.82, 2.24) is 9.44 Å². The van der Waals surface area contributed by atoms with Gasteiger partial charge in [0.15, 0.2) is 0 Å². The quantitative estimate of drug-likeness (QED) is 0.626. The molecule has 1 atom stereocenters. The Kier molecular flexibility index (Phi) is 5.77. The minimum Gasteiger partial charge on any atom is -0.465 e. The molecule has 0 spiro atoms. The Labute approximate surface area is 90.6 Å². The van der Waals surface area contributed by atoms with E-state index in [1.165, 1.54) is 6.92 Å². The first-order chi connectivity index (χ1) is 6.78. The summed E-state index contributed by atoms with van der Waals surface area (Å²) in [6, 6.07) is -1.11. The maximum Gasteiger partial charge on any atom is 0.323 e. The van der Waals surface area contributed by atoms with Crippen molar-refractivity contribution < 1.29 is 17.9 Å². The van der Waals surface area contributed by atoms with E-state index in [9.17, 15) is 13.2 Å². The molecule has 0 aromatic rings. The van der Waals surface area contributed by atoms with E-state index in [1.54, 1.807) is 20.8 Å². The summed E-state index contributed by atoms with van der Waals surface area (Å²) < 4.78 is 31.8. The summed E-state index contributed by atoms with van der Waals surface area (Å²) in [4.78, 5) is 11.1. The van der Waals surface area contributed by atoms with Crippen LogP contribution in [0.5, 0.6) is 0 Å². The zero-order chi connectivity index (χ0) is 12.1. The van der Waals surface area contributed by atoms with Crippen molar-refractivity contribution in [2.24, 2.45) is 0 Å². The zero-order valence-corrected chi connectivity index (χ0v) is 10.2. The molecule has 0 aliphatic heterocycles. The molecular formula is C8H18N2O4S. The molecule has 0 aliphatic carbocycles. The highest BCUT2D eigenvalue weighted by atomic mass is 32.2. The zero-order valence-electron chi connectivity index (χ0n) is 9.40. The van der Waals surface area contributed by atoms with Crippen LogP contribution in [-0.4, -0.2) is 33.1 Å².